The molecule has 0 saturated carbocycles. The topological polar surface area (TPSA) is 41.6 Å². The molecule has 3 aromatic carbocycles. The Bertz CT molecular complexity index is 851. The quantitative estimate of drug-likeness (QED) is 0.650. The van der Waals surface area contributed by atoms with Gasteiger partial charge in [-0.1, -0.05) is 66.7 Å². The molecule has 0 radical (unpaired) electrons. The van der Waals surface area contributed by atoms with Crippen LogP contribution in [0.1, 0.15) is 11.1 Å². The van der Waals surface area contributed by atoms with Crippen LogP contribution in [0.15, 0.2) is 84.9 Å². The summed E-state index contributed by atoms with van der Waals surface area (Å²) >= 11 is 0. The van der Waals surface area contributed by atoms with E-state index in [4.69, 9.17) is 4.74 Å². The summed E-state index contributed by atoms with van der Waals surface area (Å²) in [7, 11) is 1.82. The van der Waals surface area contributed by atoms with Gasteiger partial charge >= 0.3 is 0 Å². The van der Waals surface area contributed by atoms with Gasteiger partial charge in [-0.25, -0.2) is 0 Å². The van der Waals surface area contributed by atoms with Gasteiger partial charge in [-0.3, -0.25) is 4.79 Å². The predicted octanol–water partition coefficient (Wildman–Crippen LogP) is 4.34. The Morgan fingerprint density at radius 3 is 2.26 bits per heavy atom. The van der Waals surface area contributed by atoms with Crippen molar-refractivity contribution in [3.05, 3.63) is 96.1 Å². The maximum absolute atomic E-state index is 12.3. The highest BCUT2D eigenvalue weighted by Crippen LogP contribution is 2.18. The first-order chi connectivity index (χ1) is 13.2. The lowest BCUT2D eigenvalue weighted by Crippen LogP contribution is -2.31. The van der Waals surface area contributed by atoms with Gasteiger partial charge in [-0.05, 0) is 23.3 Å². The molecule has 0 fully saturated rings. The lowest BCUT2D eigenvalue weighted by molar-refractivity contribution is -0.128. The average Bonchev–Trinajstić information content (AvgIpc) is 2.72. The van der Waals surface area contributed by atoms with Crippen LogP contribution in [-0.2, 0) is 17.9 Å². The van der Waals surface area contributed by atoms with E-state index < -0.39 is 0 Å². The Kier molecular flexibility index (Phi) is 6.47. The number of nitrogens with zero attached hydrogens (tertiary/aromatic N) is 1. The smallest absolute Gasteiger partial charge is 0.241 e. The molecule has 0 spiro atoms. The van der Waals surface area contributed by atoms with Gasteiger partial charge in [-0.15, -0.1) is 0 Å². The molecule has 1 N–H and O–H groups in total. The third kappa shape index (κ3) is 5.89. The van der Waals surface area contributed by atoms with Crippen molar-refractivity contribution in [3.63, 3.8) is 0 Å². The molecule has 0 atom stereocenters. The van der Waals surface area contributed by atoms with E-state index in [0.717, 1.165) is 22.6 Å². The molecule has 3 aromatic rings. The Morgan fingerprint density at radius 2 is 1.56 bits per heavy atom. The van der Waals surface area contributed by atoms with Crippen LogP contribution in [0.4, 0.5) is 5.69 Å². The normalized spacial score (nSPS) is 10.3. The highest BCUT2D eigenvalue weighted by molar-refractivity contribution is 5.80. The van der Waals surface area contributed by atoms with Crippen molar-refractivity contribution in [2.24, 2.45) is 0 Å². The molecular weight excluding hydrogens is 336 g/mol. The minimum absolute atomic E-state index is 0.0365. The number of carbonyl (C=O) groups excluding carboxylic acids is 1. The Hall–Kier alpha value is -3.27. The molecule has 0 unspecified atom stereocenters. The van der Waals surface area contributed by atoms with E-state index in [9.17, 15) is 4.79 Å². The molecule has 4 nitrogen and oxygen atoms in total. The first-order valence-corrected chi connectivity index (χ1v) is 8.99. The number of carbonyl (C=O) groups is 1. The molecule has 4 heteroatoms. The number of ether oxygens (including phenoxy) is 1. The number of hydrogen-bond acceptors (Lipinski definition) is 3. The first-order valence-electron chi connectivity index (χ1n) is 8.99. The van der Waals surface area contributed by atoms with E-state index in [1.807, 2.05) is 92.0 Å². The van der Waals surface area contributed by atoms with E-state index in [1.54, 1.807) is 4.90 Å². The van der Waals surface area contributed by atoms with Crippen LogP contribution in [0.3, 0.4) is 0 Å². The maximum atomic E-state index is 12.3. The molecule has 138 valence electrons. The average molecular weight is 360 g/mol. The largest absolute Gasteiger partial charge is 0.489 e. The molecule has 0 aliphatic carbocycles. The molecule has 0 bridgehead atoms. The third-order valence-corrected chi connectivity index (χ3v) is 4.21. The fourth-order valence-corrected chi connectivity index (χ4v) is 2.69. The van der Waals surface area contributed by atoms with Gasteiger partial charge in [-0.2, -0.15) is 0 Å². The lowest BCUT2D eigenvalue weighted by Gasteiger charge is -2.18. The molecule has 0 aliphatic heterocycles. The standard InChI is InChI=1S/C23H24N2O2/c1-25(17-19-9-4-2-5-10-19)23(26)16-24-21-13-8-14-22(15-21)27-18-20-11-6-3-7-12-20/h2-15,24H,16-18H2,1H3. The van der Waals surface area contributed by atoms with Gasteiger partial charge in [0.2, 0.25) is 5.91 Å². The molecule has 0 heterocycles. The number of nitrogens with one attached hydrogen (secondary N) is 1. The number of benzene rings is 3. The van der Waals surface area contributed by atoms with Gasteiger partial charge in [0, 0.05) is 25.3 Å². The van der Waals surface area contributed by atoms with Crippen LogP contribution in [0.2, 0.25) is 0 Å². The van der Waals surface area contributed by atoms with E-state index >= 15 is 0 Å². The zero-order valence-corrected chi connectivity index (χ0v) is 15.5. The molecule has 27 heavy (non-hydrogen) atoms. The van der Waals surface area contributed by atoms with Gasteiger partial charge in [0.25, 0.3) is 0 Å². The van der Waals surface area contributed by atoms with Gasteiger partial charge < -0.3 is 15.0 Å². The second-order valence-corrected chi connectivity index (χ2v) is 6.39. The SMILES string of the molecule is CN(Cc1ccccc1)C(=O)CNc1cccc(OCc2ccccc2)c1. The van der Waals surface area contributed by atoms with Crippen molar-refractivity contribution in [1.29, 1.82) is 0 Å². The molecule has 3 rings (SSSR count). The van der Waals surface area contributed by atoms with Gasteiger partial charge in [0.15, 0.2) is 0 Å². The zero-order chi connectivity index (χ0) is 18.9. The molecule has 1 amide bonds. The summed E-state index contributed by atoms with van der Waals surface area (Å²) in [6.45, 7) is 1.36. The number of likely N-dealkylation sites (N-methyl/N-ethyl adjacent to an activating group) is 1. The second kappa shape index (κ2) is 9.43. The minimum Gasteiger partial charge on any atom is -0.489 e. The van der Waals surface area contributed by atoms with Crippen molar-refractivity contribution in [3.8, 4) is 5.75 Å². The fraction of sp³-hybridized carbons (Fsp3) is 0.174. The molecule has 0 saturated heterocycles. The molecule has 0 aromatic heterocycles. The molecular formula is C23H24N2O2. The van der Waals surface area contributed by atoms with Crippen LogP contribution in [0.5, 0.6) is 5.75 Å². The van der Waals surface area contributed by atoms with Crippen LogP contribution in [0.25, 0.3) is 0 Å². The summed E-state index contributed by atoms with van der Waals surface area (Å²) in [5.74, 6) is 0.809. The van der Waals surface area contributed by atoms with E-state index in [0.29, 0.717) is 13.2 Å². The maximum Gasteiger partial charge on any atom is 0.241 e. The summed E-state index contributed by atoms with van der Waals surface area (Å²) < 4.78 is 5.83. The van der Waals surface area contributed by atoms with Crippen molar-refractivity contribution >= 4 is 11.6 Å². The van der Waals surface area contributed by atoms with Crippen molar-refractivity contribution in [1.82, 2.24) is 4.90 Å². The second-order valence-electron chi connectivity index (χ2n) is 6.39. The Balaban J connectivity index is 1.49. The fourth-order valence-electron chi connectivity index (χ4n) is 2.69. The van der Waals surface area contributed by atoms with Crippen LogP contribution >= 0.6 is 0 Å². The minimum atomic E-state index is 0.0365. The highest BCUT2D eigenvalue weighted by atomic mass is 16.5. The van der Waals surface area contributed by atoms with Crippen LogP contribution in [0, 0.1) is 0 Å². The van der Waals surface area contributed by atoms with E-state index in [2.05, 4.69) is 5.32 Å². The summed E-state index contributed by atoms with van der Waals surface area (Å²) in [5.41, 5.74) is 3.10. The molecule has 0 aliphatic rings. The number of anilines is 1. The third-order valence-electron chi connectivity index (χ3n) is 4.21. The summed E-state index contributed by atoms with van der Waals surface area (Å²) in [4.78, 5) is 14.1. The number of hydrogen-bond donors (Lipinski definition) is 1. The van der Waals surface area contributed by atoms with Crippen molar-refractivity contribution < 1.29 is 9.53 Å². The predicted molar refractivity (Wildman–Crippen MR) is 109 cm³/mol. The Labute approximate surface area is 160 Å². The van der Waals surface area contributed by atoms with Gasteiger partial charge in [0.1, 0.15) is 12.4 Å². The van der Waals surface area contributed by atoms with Crippen molar-refractivity contribution in [2.75, 3.05) is 18.9 Å². The monoisotopic (exact) mass is 360 g/mol. The van der Waals surface area contributed by atoms with Crippen LogP contribution in [-0.4, -0.2) is 24.4 Å². The number of rotatable bonds is 8. The first kappa shape index (κ1) is 18.5. The lowest BCUT2D eigenvalue weighted by atomic mass is 10.2. The van der Waals surface area contributed by atoms with Crippen LogP contribution < -0.4 is 10.1 Å². The highest BCUT2D eigenvalue weighted by Gasteiger charge is 2.09. The summed E-state index contributed by atoms with van der Waals surface area (Å²) in [6.07, 6.45) is 0. The summed E-state index contributed by atoms with van der Waals surface area (Å²) in [5, 5.41) is 3.18. The van der Waals surface area contributed by atoms with Gasteiger partial charge in [0.05, 0.1) is 6.54 Å². The summed E-state index contributed by atoms with van der Waals surface area (Å²) in [6, 6.07) is 27.7. The number of amides is 1. The van der Waals surface area contributed by atoms with Crippen molar-refractivity contribution in [2.45, 2.75) is 13.2 Å². The van der Waals surface area contributed by atoms with E-state index in [1.165, 1.54) is 0 Å². The zero-order valence-electron chi connectivity index (χ0n) is 15.5. The Morgan fingerprint density at radius 1 is 0.889 bits per heavy atom. The van der Waals surface area contributed by atoms with E-state index in [-0.39, 0.29) is 12.5 Å².